The summed E-state index contributed by atoms with van der Waals surface area (Å²) in [6.07, 6.45) is -0.0371. The second-order valence-electron chi connectivity index (χ2n) is 4.66. The van der Waals surface area contributed by atoms with Gasteiger partial charge in [0.15, 0.2) is 6.10 Å². The molecule has 1 aliphatic heterocycles. The summed E-state index contributed by atoms with van der Waals surface area (Å²) in [5.41, 5.74) is 0. The highest BCUT2D eigenvalue weighted by atomic mass is 16.5. The predicted molar refractivity (Wildman–Crippen MR) is 70.2 cm³/mol. The van der Waals surface area contributed by atoms with Crippen LogP contribution in [0.15, 0.2) is 0 Å². The zero-order valence-electron chi connectivity index (χ0n) is 11.7. The summed E-state index contributed by atoms with van der Waals surface area (Å²) in [5.74, 6) is -1.21. The summed E-state index contributed by atoms with van der Waals surface area (Å²) in [6.45, 7) is 2.53. The van der Waals surface area contributed by atoms with Gasteiger partial charge in [0.2, 0.25) is 5.91 Å². The van der Waals surface area contributed by atoms with Gasteiger partial charge in [0.1, 0.15) is 6.54 Å². The fourth-order valence-electron chi connectivity index (χ4n) is 1.91. The third kappa shape index (κ3) is 5.04. The number of carbonyl (C=O) groups excluding carboxylic acids is 2. The summed E-state index contributed by atoms with van der Waals surface area (Å²) < 4.78 is 5.26. The first-order valence-corrected chi connectivity index (χ1v) is 6.58. The van der Waals surface area contributed by atoms with E-state index >= 15 is 0 Å². The lowest BCUT2D eigenvalue weighted by Crippen LogP contribution is -2.45. The average Bonchev–Trinajstić information content (AvgIpc) is 2.85. The van der Waals surface area contributed by atoms with Gasteiger partial charge in [0.25, 0.3) is 0 Å². The first kappa shape index (κ1) is 16.2. The third-order valence-corrected chi connectivity index (χ3v) is 2.97. The third-order valence-electron chi connectivity index (χ3n) is 2.97. The van der Waals surface area contributed by atoms with Crippen LogP contribution in [0.1, 0.15) is 19.8 Å². The molecule has 0 aromatic heterocycles. The molecule has 0 radical (unpaired) electrons. The van der Waals surface area contributed by atoms with Crippen LogP contribution < -0.4 is 10.6 Å². The standard InChI is InChI=1S/C12H21N3O5/c1-3-13-10(16)7-15(2)12(19)14-6-8-4-5-9(20-8)11(17)18/h8-9H,3-7H2,1-2H3,(H,13,16)(H,14,19)(H,17,18). The SMILES string of the molecule is CCNC(=O)CN(C)C(=O)NCC1CCC(C(=O)O)O1. The number of aliphatic carboxylic acids is 1. The molecule has 2 unspecified atom stereocenters. The number of carbonyl (C=O) groups is 3. The number of carboxylic acid groups (broad SMARTS) is 1. The Kier molecular flexibility index (Phi) is 6.23. The fraction of sp³-hybridized carbons (Fsp3) is 0.750. The Bertz CT molecular complexity index is 374. The number of hydrogen-bond donors (Lipinski definition) is 3. The number of nitrogens with zero attached hydrogens (tertiary/aromatic N) is 1. The van der Waals surface area contributed by atoms with Gasteiger partial charge in [-0.15, -0.1) is 0 Å². The van der Waals surface area contributed by atoms with Crippen LogP contribution in [0.25, 0.3) is 0 Å². The van der Waals surface area contributed by atoms with Crippen LogP contribution in [0.5, 0.6) is 0 Å². The molecule has 1 aliphatic rings. The summed E-state index contributed by atoms with van der Waals surface area (Å²) >= 11 is 0. The average molecular weight is 287 g/mol. The van der Waals surface area contributed by atoms with Gasteiger partial charge in [-0.2, -0.15) is 0 Å². The lowest BCUT2D eigenvalue weighted by atomic mass is 10.2. The predicted octanol–water partition coefficient (Wildman–Crippen LogP) is -0.604. The van der Waals surface area contributed by atoms with Gasteiger partial charge < -0.3 is 25.4 Å². The lowest BCUT2D eigenvalue weighted by molar-refractivity contribution is -0.149. The van der Waals surface area contributed by atoms with Gasteiger partial charge in [-0.25, -0.2) is 9.59 Å². The molecule has 0 saturated carbocycles. The highest BCUT2D eigenvalue weighted by Crippen LogP contribution is 2.19. The first-order valence-electron chi connectivity index (χ1n) is 6.58. The Labute approximate surface area is 117 Å². The molecule has 1 rings (SSSR count). The second-order valence-corrected chi connectivity index (χ2v) is 4.66. The van der Waals surface area contributed by atoms with E-state index in [1.54, 1.807) is 6.92 Å². The molecule has 0 bridgehead atoms. The molecule has 3 amide bonds. The van der Waals surface area contributed by atoms with Crippen molar-refractivity contribution in [2.75, 3.05) is 26.7 Å². The Hall–Kier alpha value is -1.83. The summed E-state index contributed by atoms with van der Waals surface area (Å²) in [5, 5.41) is 14.0. The van der Waals surface area contributed by atoms with Crippen molar-refractivity contribution in [3.8, 4) is 0 Å². The summed E-state index contributed by atoms with van der Waals surface area (Å²) in [6, 6.07) is -0.390. The van der Waals surface area contributed by atoms with E-state index in [0.717, 1.165) is 0 Å². The van der Waals surface area contributed by atoms with Crippen molar-refractivity contribution in [2.24, 2.45) is 0 Å². The van der Waals surface area contributed by atoms with Crippen molar-refractivity contribution >= 4 is 17.9 Å². The van der Waals surface area contributed by atoms with E-state index < -0.39 is 18.1 Å². The zero-order valence-corrected chi connectivity index (χ0v) is 11.7. The zero-order chi connectivity index (χ0) is 15.1. The monoisotopic (exact) mass is 287 g/mol. The molecule has 1 heterocycles. The molecule has 0 aromatic rings. The van der Waals surface area contributed by atoms with Crippen LogP contribution in [-0.2, 0) is 14.3 Å². The van der Waals surface area contributed by atoms with Crippen LogP contribution >= 0.6 is 0 Å². The van der Waals surface area contributed by atoms with Crippen molar-refractivity contribution in [1.82, 2.24) is 15.5 Å². The molecular formula is C12H21N3O5. The van der Waals surface area contributed by atoms with E-state index in [4.69, 9.17) is 9.84 Å². The Morgan fingerprint density at radius 1 is 1.30 bits per heavy atom. The van der Waals surface area contributed by atoms with Crippen molar-refractivity contribution < 1.29 is 24.2 Å². The van der Waals surface area contributed by atoms with Gasteiger partial charge in [0, 0.05) is 20.1 Å². The minimum absolute atomic E-state index is 0.0249. The van der Waals surface area contributed by atoms with Crippen LogP contribution in [0.3, 0.4) is 0 Å². The molecule has 0 aliphatic carbocycles. The highest BCUT2D eigenvalue weighted by molar-refractivity contribution is 5.83. The summed E-state index contributed by atoms with van der Waals surface area (Å²) in [7, 11) is 1.51. The normalized spacial score (nSPS) is 21.3. The van der Waals surface area contributed by atoms with Crippen LogP contribution in [-0.4, -0.2) is 66.8 Å². The first-order chi connectivity index (χ1) is 9.43. The Morgan fingerprint density at radius 2 is 2.00 bits per heavy atom. The fourth-order valence-corrected chi connectivity index (χ4v) is 1.91. The van der Waals surface area contributed by atoms with Crippen molar-refractivity contribution in [3.05, 3.63) is 0 Å². The smallest absolute Gasteiger partial charge is 0.332 e. The molecule has 8 nitrogen and oxygen atoms in total. The van der Waals surface area contributed by atoms with Crippen LogP contribution in [0, 0.1) is 0 Å². The number of ether oxygens (including phenoxy) is 1. The number of hydrogen-bond acceptors (Lipinski definition) is 4. The Balaban J connectivity index is 2.26. The van der Waals surface area contributed by atoms with E-state index in [1.165, 1.54) is 11.9 Å². The van der Waals surface area contributed by atoms with Gasteiger partial charge in [-0.3, -0.25) is 4.79 Å². The molecule has 20 heavy (non-hydrogen) atoms. The van der Waals surface area contributed by atoms with Gasteiger partial charge in [-0.1, -0.05) is 0 Å². The number of amides is 3. The van der Waals surface area contributed by atoms with E-state index in [2.05, 4.69) is 10.6 Å². The number of rotatable bonds is 6. The maximum atomic E-state index is 11.7. The lowest BCUT2D eigenvalue weighted by Gasteiger charge is -2.19. The van der Waals surface area contributed by atoms with Crippen molar-refractivity contribution in [2.45, 2.75) is 32.0 Å². The van der Waals surface area contributed by atoms with E-state index in [0.29, 0.717) is 19.4 Å². The van der Waals surface area contributed by atoms with Crippen molar-refractivity contribution in [3.63, 3.8) is 0 Å². The molecule has 1 saturated heterocycles. The number of urea groups is 1. The summed E-state index contributed by atoms with van der Waals surface area (Å²) in [4.78, 5) is 35.0. The highest BCUT2D eigenvalue weighted by Gasteiger charge is 2.30. The van der Waals surface area contributed by atoms with Crippen molar-refractivity contribution in [1.29, 1.82) is 0 Å². The maximum absolute atomic E-state index is 11.7. The van der Waals surface area contributed by atoms with Gasteiger partial charge in [0.05, 0.1) is 6.10 Å². The number of nitrogens with one attached hydrogen (secondary N) is 2. The topological polar surface area (TPSA) is 108 Å². The maximum Gasteiger partial charge on any atom is 0.332 e. The van der Waals surface area contributed by atoms with E-state index in [9.17, 15) is 14.4 Å². The van der Waals surface area contributed by atoms with Gasteiger partial charge >= 0.3 is 12.0 Å². The molecule has 114 valence electrons. The largest absolute Gasteiger partial charge is 0.479 e. The molecule has 8 heteroatoms. The van der Waals surface area contributed by atoms with E-state index in [1.807, 2.05) is 0 Å². The van der Waals surface area contributed by atoms with Crippen LogP contribution in [0.2, 0.25) is 0 Å². The minimum atomic E-state index is -0.979. The minimum Gasteiger partial charge on any atom is -0.479 e. The molecule has 2 atom stereocenters. The molecule has 1 fully saturated rings. The van der Waals surface area contributed by atoms with E-state index in [-0.39, 0.29) is 25.1 Å². The van der Waals surface area contributed by atoms with Crippen LogP contribution in [0.4, 0.5) is 4.79 Å². The van der Waals surface area contributed by atoms with Gasteiger partial charge in [-0.05, 0) is 19.8 Å². The molecule has 0 aromatic carbocycles. The molecular weight excluding hydrogens is 266 g/mol. The Morgan fingerprint density at radius 3 is 2.55 bits per heavy atom. The quantitative estimate of drug-likeness (QED) is 0.604. The number of likely N-dealkylation sites (N-methyl/N-ethyl adjacent to an activating group) is 2. The number of carboxylic acids is 1. The molecule has 0 spiro atoms. The molecule has 3 N–H and O–H groups in total. The second kappa shape index (κ2) is 7.68.